The number of allylic oxidation sites excluding steroid dienone is 1. The molecule has 0 amide bonds. The maximum atomic E-state index is 5.97. The van der Waals surface area contributed by atoms with Gasteiger partial charge >= 0.3 is 0 Å². The van der Waals surface area contributed by atoms with E-state index in [0.717, 1.165) is 36.6 Å². The van der Waals surface area contributed by atoms with Crippen LogP contribution in [0.4, 0.5) is 0 Å². The predicted octanol–water partition coefficient (Wildman–Crippen LogP) is 4.62. The summed E-state index contributed by atoms with van der Waals surface area (Å²) in [5.41, 5.74) is 2.39. The van der Waals surface area contributed by atoms with Gasteiger partial charge in [-0.25, -0.2) is 0 Å². The van der Waals surface area contributed by atoms with Gasteiger partial charge < -0.3 is 14.8 Å². The van der Waals surface area contributed by atoms with Crippen LogP contribution in [0.3, 0.4) is 0 Å². The van der Waals surface area contributed by atoms with E-state index in [1.165, 1.54) is 5.56 Å². The quantitative estimate of drug-likeness (QED) is 0.506. The highest BCUT2D eigenvalue weighted by molar-refractivity contribution is 5.43. The Bertz CT molecular complexity index is 650. The first-order valence-electron chi connectivity index (χ1n) is 8.90. The molecule has 0 aliphatic rings. The molecule has 2 rings (SSSR count). The molecular formula is C22H29NO2. The van der Waals surface area contributed by atoms with Gasteiger partial charge in [0.1, 0.15) is 6.61 Å². The molecule has 25 heavy (non-hydrogen) atoms. The second kappa shape index (κ2) is 10.6. The second-order valence-corrected chi connectivity index (χ2v) is 6.39. The summed E-state index contributed by atoms with van der Waals surface area (Å²) in [4.78, 5) is 0. The standard InChI is InChI=1S/C22H29NO2/c1-18(2)8-7-14-23-15-13-19-11-12-21(24-3)22(16-19)25-17-20-9-5-4-6-10-20/h4-12,16,18,23H,13-15,17H2,1-3H3/b8-7+. The molecule has 2 aromatic carbocycles. The van der Waals surface area contributed by atoms with Crippen LogP contribution in [-0.2, 0) is 13.0 Å². The van der Waals surface area contributed by atoms with Gasteiger partial charge in [-0.15, -0.1) is 0 Å². The zero-order valence-electron chi connectivity index (χ0n) is 15.5. The van der Waals surface area contributed by atoms with Crippen LogP contribution in [0.25, 0.3) is 0 Å². The van der Waals surface area contributed by atoms with Crippen LogP contribution in [0, 0.1) is 5.92 Å². The normalized spacial score (nSPS) is 11.2. The fraction of sp³-hybridized carbons (Fsp3) is 0.364. The lowest BCUT2D eigenvalue weighted by molar-refractivity contribution is 0.284. The number of ether oxygens (including phenoxy) is 2. The van der Waals surface area contributed by atoms with E-state index >= 15 is 0 Å². The zero-order valence-corrected chi connectivity index (χ0v) is 15.5. The topological polar surface area (TPSA) is 30.5 Å². The van der Waals surface area contributed by atoms with Crippen LogP contribution in [-0.4, -0.2) is 20.2 Å². The molecule has 1 N–H and O–H groups in total. The minimum Gasteiger partial charge on any atom is -0.493 e. The summed E-state index contributed by atoms with van der Waals surface area (Å²) in [5.74, 6) is 2.17. The molecule has 0 saturated heterocycles. The minimum atomic E-state index is 0.541. The Morgan fingerprint density at radius 1 is 1.00 bits per heavy atom. The second-order valence-electron chi connectivity index (χ2n) is 6.39. The predicted molar refractivity (Wildman–Crippen MR) is 104 cm³/mol. The molecular weight excluding hydrogens is 310 g/mol. The van der Waals surface area contributed by atoms with Gasteiger partial charge in [-0.05, 0) is 42.1 Å². The van der Waals surface area contributed by atoms with E-state index in [0.29, 0.717) is 12.5 Å². The summed E-state index contributed by atoms with van der Waals surface area (Å²) in [6.45, 7) is 6.76. The van der Waals surface area contributed by atoms with E-state index in [4.69, 9.17) is 9.47 Å². The molecule has 0 radical (unpaired) electrons. The molecule has 2 aromatic rings. The van der Waals surface area contributed by atoms with E-state index in [-0.39, 0.29) is 0 Å². The van der Waals surface area contributed by atoms with Crippen LogP contribution in [0.1, 0.15) is 25.0 Å². The van der Waals surface area contributed by atoms with Crippen molar-refractivity contribution in [3.05, 3.63) is 71.8 Å². The summed E-state index contributed by atoms with van der Waals surface area (Å²) in [7, 11) is 1.67. The van der Waals surface area contributed by atoms with Gasteiger partial charge in [0.25, 0.3) is 0 Å². The molecule has 134 valence electrons. The van der Waals surface area contributed by atoms with Crippen molar-refractivity contribution in [3.8, 4) is 11.5 Å². The molecule has 0 aromatic heterocycles. The van der Waals surface area contributed by atoms with Gasteiger partial charge in [0.15, 0.2) is 11.5 Å². The SMILES string of the molecule is COc1ccc(CCNC/C=C/C(C)C)cc1OCc1ccccc1. The molecule has 0 heterocycles. The van der Waals surface area contributed by atoms with Crippen molar-refractivity contribution in [1.29, 1.82) is 0 Å². The Balaban J connectivity index is 1.87. The highest BCUT2D eigenvalue weighted by Gasteiger charge is 2.06. The van der Waals surface area contributed by atoms with Gasteiger partial charge in [-0.1, -0.05) is 62.4 Å². The number of benzene rings is 2. The Morgan fingerprint density at radius 2 is 1.80 bits per heavy atom. The summed E-state index contributed by atoms with van der Waals surface area (Å²) < 4.78 is 11.4. The maximum absolute atomic E-state index is 5.97. The number of hydrogen-bond donors (Lipinski definition) is 1. The van der Waals surface area contributed by atoms with Gasteiger partial charge in [-0.2, -0.15) is 0 Å². The first-order chi connectivity index (χ1) is 12.2. The van der Waals surface area contributed by atoms with E-state index in [2.05, 4.69) is 55.6 Å². The van der Waals surface area contributed by atoms with Crippen LogP contribution in [0.2, 0.25) is 0 Å². The molecule has 0 bridgehead atoms. The van der Waals surface area contributed by atoms with Gasteiger partial charge in [0.05, 0.1) is 7.11 Å². The minimum absolute atomic E-state index is 0.541. The van der Waals surface area contributed by atoms with Gasteiger partial charge in [-0.3, -0.25) is 0 Å². The lowest BCUT2D eigenvalue weighted by Crippen LogP contribution is -2.17. The van der Waals surface area contributed by atoms with Crippen molar-refractivity contribution >= 4 is 0 Å². The van der Waals surface area contributed by atoms with Crippen molar-refractivity contribution in [2.45, 2.75) is 26.9 Å². The van der Waals surface area contributed by atoms with Crippen LogP contribution in [0.15, 0.2) is 60.7 Å². The van der Waals surface area contributed by atoms with E-state index < -0.39 is 0 Å². The number of methoxy groups -OCH3 is 1. The fourth-order valence-electron chi connectivity index (χ4n) is 2.48. The highest BCUT2D eigenvalue weighted by atomic mass is 16.5. The smallest absolute Gasteiger partial charge is 0.161 e. The molecule has 0 spiro atoms. The van der Waals surface area contributed by atoms with Crippen molar-refractivity contribution < 1.29 is 9.47 Å². The Morgan fingerprint density at radius 3 is 2.52 bits per heavy atom. The van der Waals surface area contributed by atoms with Crippen molar-refractivity contribution in [3.63, 3.8) is 0 Å². The average molecular weight is 339 g/mol. The molecule has 0 atom stereocenters. The van der Waals surface area contributed by atoms with E-state index in [9.17, 15) is 0 Å². The molecule has 0 saturated carbocycles. The summed E-state index contributed by atoms with van der Waals surface area (Å²) in [6.07, 6.45) is 5.37. The fourth-order valence-corrected chi connectivity index (χ4v) is 2.48. The summed E-state index contributed by atoms with van der Waals surface area (Å²) in [6, 6.07) is 16.3. The third kappa shape index (κ3) is 7.02. The lowest BCUT2D eigenvalue weighted by Gasteiger charge is -2.12. The molecule has 3 nitrogen and oxygen atoms in total. The Kier molecular flexibility index (Phi) is 8.06. The molecule has 0 aliphatic carbocycles. The largest absolute Gasteiger partial charge is 0.493 e. The Labute approximate surface area is 151 Å². The first-order valence-corrected chi connectivity index (χ1v) is 8.90. The summed E-state index contributed by atoms with van der Waals surface area (Å²) >= 11 is 0. The van der Waals surface area contributed by atoms with Crippen LogP contribution in [0.5, 0.6) is 11.5 Å². The van der Waals surface area contributed by atoms with Gasteiger partial charge in [0.2, 0.25) is 0 Å². The maximum Gasteiger partial charge on any atom is 0.161 e. The third-order valence-electron chi connectivity index (χ3n) is 3.84. The van der Waals surface area contributed by atoms with Crippen LogP contribution >= 0.6 is 0 Å². The molecule has 0 fully saturated rings. The Hall–Kier alpha value is -2.26. The molecule has 3 heteroatoms. The number of nitrogens with one attached hydrogen (secondary N) is 1. The van der Waals surface area contributed by atoms with E-state index in [1.54, 1.807) is 7.11 Å². The average Bonchev–Trinajstić information content (AvgIpc) is 2.63. The van der Waals surface area contributed by atoms with Crippen molar-refractivity contribution in [2.75, 3.05) is 20.2 Å². The molecule has 0 unspecified atom stereocenters. The number of hydrogen-bond acceptors (Lipinski definition) is 3. The summed E-state index contributed by atoms with van der Waals surface area (Å²) in [5, 5.41) is 3.44. The number of rotatable bonds is 10. The lowest BCUT2D eigenvalue weighted by atomic mass is 10.1. The monoisotopic (exact) mass is 339 g/mol. The third-order valence-corrected chi connectivity index (χ3v) is 3.84. The van der Waals surface area contributed by atoms with Gasteiger partial charge in [0, 0.05) is 6.54 Å². The first kappa shape index (κ1) is 19.1. The molecule has 0 aliphatic heterocycles. The van der Waals surface area contributed by atoms with Crippen molar-refractivity contribution in [2.24, 2.45) is 5.92 Å². The van der Waals surface area contributed by atoms with E-state index in [1.807, 2.05) is 24.3 Å². The van der Waals surface area contributed by atoms with Crippen LogP contribution < -0.4 is 14.8 Å². The highest BCUT2D eigenvalue weighted by Crippen LogP contribution is 2.29. The zero-order chi connectivity index (χ0) is 17.9. The van der Waals surface area contributed by atoms with Crippen molar-refractivity contribution in [1.82, 2.24) is 5.32 Å².